The van der Waals surface area contributed by atoms with Crippen LogP contribution in [-0.2, 0) is 0 Å². The lowest BCUT2D eigenvalue weighted by Crippen LogP contribution is -2.48. The zero-order chi connectivity index (χ0) is 19.0. The molecule has 0 bridgehead atoms. The molecule has 1 fully saturated rings. The van der Waals surface area contributed by atoms with Crippen LogP contribution < -0.4 is 16.0 Å². The third-order valence-electron chi connectivity index (χ3n) is 4.71. The molecule has 1 aromatic heterocycles. The summed E-state index contributed by atoms with van der Waals surface area (Å²) in [5.74, 6) is -0.102. The maximum absolute atomic E-state index is 12.8. The van der Waals surface area contributed by atoms with Gasteiger partial charge in [-0.3, -0.25) is 14.4 Å². The van der Waals surface area contributed by atoms with Gasteiger partial charge in [-0.05, 0) is 36.4 Å². The molecule has 1 amide bonds. The number of benzene rings is 2. The Bertz CT molecular complexity index is 1130. The third kappa shape index (κ3) is 3.46. The van der Waals surface area contributed by atoms with Crippen LogP contribution in [0.2, 0.25) is 5.02 Å². The summed E-state index contributed by atoms with van der Waals surface area (Å²) in [7, 11) is 0. The number of piperazine rings is 1. The minimum Gasteiger partial charge on any atom is -0.368 e. The number of carbonyl (C=O) groups excluding carboxylic acids is 1. The predicted molar refractivity (Wildman–Crippen MR) is 105 cm³/mol. The fourth-order valence-electron chi connectivity index (χ4n) is 3.27. The van der Waals surface area contributed by atoms with Gasteiger partial charge in [0.2, 0.25) is 0 Å². The quantitative estimate of drug-likeness (QED) is 0.660. The van der Waals surface area contributed by atoms with Gasteiger partial charge in [0.05, 0.1) is 11.0 Å². The van der Waals surface area contributed by atoms with Crippen LogP contribution in [0.5, 0.6) is 0 Å². The van der Waals surface area contributed by atoms with E-state index in [1.54, 1.807) is 23.1 Å². The van der Waals surface area contributed by atoms with E-state index in [2.05, 4.69) is 14.9 Å². The molecule has 1 aliphatic heterocycles. The van der Waals surface area contributed by atoms with Crippen molar-refractivity contribution in [3.63, 3.8) is 0 Å². The lowest BCUT2D eigenvalue weighted by atomic mass is 10.1. The third-order valence-corrected chi connectivity index (χ3v) is 4.94. The molecule has 138 valence electrons. The zero-order valence-electron chi connectivity index (χ0n) is 14.4. The van der Waals surface area contributed by atoms with Gasteiger partial charge in [0.1, 0.15) is 0 Å². The molecule has 0 atom stereocenters. The van der Waals surface area contributed by atoms with Crippen LogP contribution >= 0.6 is 11.6 Å². The number of hydrogen-bond donors (Lipinski definition) is 2. The number of amides is 1. The Labute approximate surface area is 159 Å². The summed E-state index contributed by atoms with van der Waals surface area (Å²) in [4.78, 5) is 44.7. The first-order valence-electron chi connectivity index (χ1n) is 8.57. The number of halogens is 1. The number of fused-ring (bicyclic) bond motifs is 1. The lowest BCUT2D eigenvalue weighted by molar-refractivity contribution is 0.0747. The Morgan fingerprint density at radius 1 is 0.889 bits per heavy atom. The molecule has 4 rings (SSSR count). The molecule has 1 saturated heterocycles. The molecule has 2 N–H and O–H groups in total. The van der Waals surface area contributed by atoms with Crippen molar-refractivity contribution in [2.75, 3.05) is 31.1 Å². The van der Waals surface area contributed by atoms with Crippen molar-refractivity contribution in [1.82, 2.24) is 14.9 Å². The van der Waals surface area contributed by atoms with E-state index in [0.717, 1.165) is 5.69 Å². The standard InChI is InChI=1S/C19H17ClN4O3/c20-13-2-1-3-14(11-13)23-6-8-24(9-7-23)19(27)12-4-5-15-16(10-12)22-18(26)17(25)21-15/h1-5,10-11H,6-9H2,(H,21,25)(H,22,26). The summed E-state index contributed by atoms with van der Waals surface area (Å²) >= 11 is 6.05. The summed E-state index contributed by atoms with van der Waals surface area (Å²) in [5.41, 5.74) is 0.995. The Kier molecular flexibility index (Phi) is 4.45. The highest BCUT2D eigenvalue weighted by Crippen LogP contribution is 2.21. The van der Waals surface area contributed by atoms with E-state index >= 15 is 0 Å². The minimum absolute atomic E-state index is 0.102. The number of anilines is 1. The summed E-state index contributed by atoms with van der Waals surface area (Å²) in [6, 6.07) is 12.5. The smallest absolute Gasteiger partial charge is 0.314 e. The second kappa shape index (κ2) is 6.92. The van der Waals surface area contributed by atoms with Gasteiger partial charge in [0.25, 0.3) is 5.91 Å². The Morgan fingerprint density at radius 3 is 2.30 bits per heavy atom. The van der Waals surface area contributed by atoms with E-state index in [1.807, 2.05) is 24.3 Å². The topological polar surface area (TPSA) is 89.3 Å². The fourth-order valence-corrected chi connectivity index (χ4v) is 3.46. The molecule has 2 aromatic carbocycles. The Hall–Kier alpha value is -3.06. The highest BCUT2D eigenvalue weighted by Gasteiger charge is 2.22. The van der Waals surface area contributed by atoms with Crippen molar-refractivity contribution in [2.24, 2.45) is 0 Å². The van der Waals surface area contributed by atoms with Crippen molar-refractivity contribution < 1.29 is 4.79 Å². The molecule has 0 radical (unpaired) electrons. The molecule has 0 unspecified atom stereocenters. The molecule has 7 nitrogen and oxygen atoms in total. The molecule has 0 aliphatic carbocycles. The van der Waals surface area contributed by atoms with E-state index in [-0.39, 0.29) is 5.91 Å². The maximum Gasteiger partial charge on any atom is 0.314 e. The normalized spacial score (nSPS) is 14.6. The number of aromatic nitrogens is 2. The van der Waals surface area contributed by atoms with Gasteiger partial charge in [-0.2, -0.15) is 0 Å². The molecule has 8 heteroatoms. The van der Waals surface area contributed by atoms with E-state index in [0.29, 0.717) is 47.8 Å². The molecule has 3 aromatic rings. The largest absolute Gasteiger partial charge is 0.368 e. The number of nitrogens with zero attached hydrogens (tertiary/aromatic N) is 2. The number of H-pyrrole nitrogens is 2. The Morgan fingerprint density at radius 2 is 1.59 bits per heavy atom. The number of nitrogens with one attached hydrogen (secondary N) is 2. The number of carbonyl (C=O) groups is 1. The zero-order valence-corrected chi connectivity index (χ0v) is 15.1. The predicted octanol–water partition coefficient (Wildman–Crippen LogP) is 1.83. The second-order valence-corrected chi connectivity index (χ2v) is 6.86. The summed E-state index contributed by atoms with van der Waals surface area (Å²) in [5, 5.41) is 0.689. The van der Waals surface area contributed by atoms with Crippen LogP contribution in [-0.4, -0.2) is 47.0 Å². The van der Waals surface area contributed by atoms with Crippen molar-refractivity contribution in [2.45, 2.75) is 0 Å². The van der Waals surface area contributed by atoms with Crippen LogP contribution in [0.1, 0.15) is 10.4 Å². The molecule has 2 heterocycles. The van der Waals surface area contributed by atoms with E-state index in [4.69, 9.17) is 11.6 Å². The van der Waals surface area contributed by atoms with Gasteiger partial charge < -0.3 is 19.8 Å². The van der Waals surface area contributed by atoms with Crippen molar-refractivity contribution in [3.05, 3.63) is 73.8 Å². The van der Waals surface area contributed by atoms with Gasteiger partial charge in [0.15, 0.2) is 0 Å². The van der Waals surface area contributed by atoms with E-state index < -0.39 is 11.1 Å². The summed E-state index contributed by atoms with van der Waals surface area (Å²) in [6.07, 6.45) is 0. The first-order chi connectivity index (χ1) is 13.0. The molecule has 27 heavy (non-hydrogen) atoms. The molecule has 0 spiro atoms. The van der Waals surface area contributed by atoms with Gasteiger partial charge in [-0.1, -0.05) is 17.7 Å². The highest BCUT2D eigenvalue weighted by molar-refractivity contribution is 6.30. The van der Waals surface area contributed by atoms with Crippen molar-refractivity contribution in [3.8, 4) is 0 Å². The van der Waals surface area contributed by atoms with Crippen LogP contribution in [0.25, 0.3) is 11.0 Å². The van der Waals surface area contributed by atoms with Gasteiger partial charge in [-0.25, -0.2) is 0 Å². The maximum atomic E-state index is 12.8. The summed E-state index contributed by atoms with van der Waals surface area (Å²) < 4.78 is 0. The molecule has 1 aliphatic rings. The van der Waals surface area contributed by atoms with Crippen LogP contribution in [0.15, 0.2) is 52.1 Å². The van der Waals surface area contributed by atoms with Crippen LogP contribution in [0.3, 0.4) is 0 Å². The molecule has 0 saturated carbocycles. The van der Waals surface area contributed by atoms with Crippen molar-refractivity contribution in [1.29, 1.82) is 0 Å². The number of aromatic amines is 2. The lowest BCUT2D eigenvalue weighted by Gasteiger charge is -2.36. The van der Waals surface area contributed by atoms with E-state index in [1.165, 1.54) is 0 Å². The fraction of sp³-hybridized carbons (Fsp3) is 0.211. The average Bonchev–Trinajstić information content (AvgIpc) is 2.68. The number of hydrogen-bond acceptors (Lipinski definition) is 4. The first kappa shape index (κ1) is 17.4. The van der Waals surface area contributed by atoms with E-state index in [9.17, 15) is 14.4 Å². The summed E-state index contributed by atoms with van der Waals surface area (Å²) in [6.45, 7) is 2.60. The highest BCUT2D eigenvalue weighted by atomic mass is 35.5. The van der Waals surface area contributed by atoms with Crippen molar-refractivity contribution >= 4 is 34.2 Å². The molecular weight excluding hydrogens is 368 g/mol. The SMILES string of the molecule is O=C(c1ccc2[nH]c(=O)c(=O)[nH]c2c1)N1CCN(c2cccc(Cl)c2)CC1. The van der Waals surface area contributed by atoms with Crippen LogP contribution in [0, 0.1) is 0 Å². The monoisotopic (exact) mass is 384 g/mol. The number of rotatable bonds is 2. The minimum atomic E-state index is -0.734. The van der Waals surface area contributed by atoms with Gasteiger partial charge >= 0.3 is 11.1 Å². The molecular formula is C19H17ClN4O3. The van der Waals surface area contributed by atoms with Gasteiger partial charge in [0, 0.05) is 42.5 Å². The average molecular weight is 385 g/mol. The van der Waals surface area contributed by atoms with Crippen LogP contribution in [0.4, 0.5) is 5.69 Å². The Balaban J connectivity index is 1.51. The second-order valence-electron chi connectivity index (χ2n) is 6.43. The van der Waals surface area contributed by atoms with Gasteiger partial charge in [-0.15, -0.1) is 0 Å². The first-order valence-corrected chi connectivity index (χ1v) is 8.95.